The Hall–Kier alpha value is -2.42. The van der Waals surface area contributed by atoms with Crippen molar-refractivity contribution < 1.29 is 26.3 Å². The zero-order valence-corrected chi connectivity index (χ0v) is 16.5. The maximum absolute atomic E-state index is 12.6. The van der Waals surface area contributed by atoms with Crippen molar-refractivity contribution in [1.29, 1.82) is 0 Å². The Kier molecular flexibility index (Phi) is 6.26. The average Bonchev–Trinajstić information content (AvgIpc) is 2.68. The molecule has 0 unspecified atom stereocenters. The molecule has 1 fully saturated rings. The SMILES string of the molecule is Nc1cc(OCc2ccc(C(F)(F)F)cc2)ccc1NS(=O)(=O)C1CCCCC1. The fourth-order valence-corrected chi connectivity index (χ4v) is 4.91. The maximum atomic E-state index is 12.6. The highest BCUT2D eigenvalue weighted by Gasteiger charge is 2.30. The van der Waals surface area contributed by atoms with Gasteiger partial charge in [0.25, 0.3) is 0 Å². The van der Waals surface area contributed by atoms with Crippen LogP contribution >= 0.6 is 0 Å². The van der Waals surface area contributed by atoms with Crippen LogP contribution in [-0.2, 0) is 22.8 Å². The summed E-state index contributed by atoms with van der Waals surface area (Å²) in [5, 5.41) is -0.411. The largest absolute Gasteiger partial charge is 0.489 e. The molecule has 0 bridgehead atoms. The number of sulfonamides is 1. The molecule has 0 heterocycles. The molecule has 29 heavy (non-hydrogen) atoms. The fourth-order valence-electron chi connectivity index (χ4n) is 3.29. The molecule has 0 aromatic heterocycles. The lowest BCUT2D eigenvalue weighted by Gasteiger charge is -2.23. The van der Waals surface area contributed by atoms with Crippen molar-refractivity contribution in [2.24, 2.45) is 0 Å². The maximum Gasteiger partial charge on any atom is 0.416 e. The summed E-state index contributed by atoms with van der Waals surface area (Å²) in [4.78, 5) is 0. The van der Waals surface area contributed by atoms with E-state index in [0.717, 1.165) is 31.4 Å². The van der Waals surface area contributed by atoms with Crippen LogP contribution in [0.3, 0.4) is 0 Å². The van der Waals surface area contributed by atoms with E-state index < -0.39 is 27.0 Å². The third-order valence-corrected chi connectivity index (χ3v) is 6.81. The molecule has 0 radical (unpaired) electrons. The van der Waals surface area contributed by atoms with E-state index in [0.29, 0.717) is 24.2 Å². The summed E-state index contributed by atoms with van der Waals surface area (Å²) in [5.41, 5.74) is 6.32. The number of anilines is 2. The molecule has 5 nitrogen and oxygen atoms in total. The van der Waals surface area contributed by atoms with Gasteiger partial charge in [-0.05, 0) is 42.7 Å². The van der Waals surface area contributed by atoms with Gasteiger partial charge in [0, 0.05) is 6.07 Å². The standard InChI is InChI=1S/C20H23F3N2O3S/c21-20(22,23)15-8-6-14(7-9-15)13-28-16-10-11-19(18(24)12-16)25-29(26,27)17-4-2-1-3-5-17/h6-12,17,25H,1-5,13,24H2. The van der Waals surface area contributed by atoms with Gasteiger partial charge < -0.3 is 10.5 Å². The highest BCUT2D eigenvalue weighted by atomic mass is 32.2. The normalized spacial score (nSPS) is 15.8. The zero-order chi connectivity index (χ0) is 21.1. The number of hydrogen-bond donors (Lipinski definition) is 2. The first-order valence-corrected chi connectivity index (χ1v) is 10.9. The van der Waals surface area contributed by atoms with Crippen molar-refractivity contribution in [2.45, 2.75) is 50.1 Å². The molecule has 0 atom stereocenters. The Bertz CT molecular complexity index is 938. The van der Waals surface area contributed by atoms with E-state index in [1.54, 1.807) is 6.07 Å². The second-order valence-electron chi connectivity index (χ2n) is 7.14. The molecule has 1 aliphatic rings. The van der Waals surface area contributed by atoms with E-state index in [1.165, 1.54) is 24.3 Å². The summed E-state index contributed by atoms with van der Waals surface area (Å²) >= 11 is 0. The second-order valence-corrected chi connectivity index (χ2v) is 9.10. The Labute approximate surface area is 168 Å². The molecule has 2 aromatic rings. The van der Waals surface area contributed by atoms with Crippen LogP contribution in [0.2, 0.25) is 0 Å². The van der Waals surface area contributed by atoms with Gasteiger partial charge in [0.05, 0.1) is 22.2 Å². The van der Waals surface area contributed by atoms with Gasteiger partial charge in [-0.1, -0.05) is 31.4 Å². The number of ether oxygens (including phenoxy) is 1. The molecule has 2 aromatic carbocycles. The molecule has 3 N–H and O–H groups in total. The number of nitrogens with one attached hydrogen (secondary N) is 1. The van der Waals surface area contributed by atoms with Crippen molar-refractivity contribution in [2.75, 3.05) is 10.5 Å². The van der Waals surface area contributed by atoms with E-state index in [9.17, 15) is 21.6 Å². The van der Waals surface area contributed by atoms with Gasteiger partial charge in [-0.15, -0.1) is 0 Å². The topological polar surface area (TPSA) is 81.4 Å². The van der Waals surface area contributed by atoms with Gasteiger partial charge in [0.2, 0.25) is 10.0 Å². The minimum Gasteiger partial charge on any atom is -0.489 e. The van der Waals surface area contributed by atoms with Crippen LogP contribution in [0.5, 0.6) is 5.75 Å². The minimum atomic E-state index is -4.38. The zero-order valence-electron chi connectivity index (χ0n) is 15.7. The summed E-state index contributed by atoms with van der Waals surface area (Å²) in [6, 6.07) is 9.27. The number of nitrogen functional groups attached to an aromatic ring is 1. The van der Waals surface area contributed by atoms with Crippen LogP contribution in [0.4, 0.5) is 24.5 Å². The van der Waals surface area contributed by atoms with E-state index in [-0.39, 0.29) is 18.0 Å². The van der Waals surface area contributed by atoms with Gasteiger partial charge in [-0.3, -0.25) is 4.72 Å². The quantitative estimate of drug-likeness (QED) is 0.639. The number of benzene rings is 2. The molecular formula is C20H23F3N2O3S. The molecule has 0 spiro atoms. The molecular weight excluding hydrogens is 405 g/mol. The van der Waals surface area contributed by atoms with Crippen LogP contribution in [0.15, 0.2) is 42.5 Å². The molecule has 0 saturated heterocycles. The van der Waals surface area contributed by atoms with Gasteiger partial charge in [-0.25, -0.2) is 8.42 Å². The highest BCUT2D eigenvalue weighted by molar-refractivity contribution is 7.93. The first kappa shape index (κ1) is 21.3. The van der Waals surface area contributed by atoms with Crippen LogP contribution < -0.4 is 15.2 Å². The van der Waals surface area contributed by atoms with Gasteiger partial charge in [0.1, 0.15) is 12.4 Å². The summed E-state index contributed by atoms with van der Waals surface area (Å²) in [6.45, 7) is 0.0602. The average molecular weight is 428 g/mol. The van der Waals surface area contributed by atoms with Crippen LogP contribution in [0, 0.1) is 0 Å². The summed E-state index contributed by atoms with van der Waals surface area (Å²) in [5.74, 6) is 0.392. The third kappa shape index (κ3) is 5.56. The van der Waals surface area contributed by atoms with E-state index >= 15 is 0 Å². The number of rotatable bonds is 6. The highest BCUT2D eigenvalue weighted by Crippen LogP contribution is 2.31. The lowest BCUT2D eigenvalue weighted by molar-refractivity contribution is -0.137. The van der Waals surface area contributed by atoms with E-state index in [4.69, 9.17) is 10.5 Å². The van der Waals surface area contributed by atoms with Crippen molar-refractivity contribution in [3.63, 3.8) is 0 Å². The predicted molar refractivity (Wildman–Crippen MR) is 106 cm³/mol. The minimum absolute atomic E-state index is 0.0602. The molecule has 0 amide bonds. The Balaban J connectivity index is 1.62. The lowest BCUT2D eigenvalue weighted by atomic mass is 10.0. The first-order valence-electron chi connectivity index (χ1n) is 9.35. The summed E-state index contributed by atoms with van der Waals surface area (Å²) in [7, 11) is -3.51. The molecule has 158 valence electrons. The van der Waals surface area contributed by atoms with Crippen LogP contribution in [-0.4, -0.2) is 13.7 Å². The Morgan fingerprint density at radius 3 is 2.28 bits per heavy atom. The molecule has 0 aliphatic heterocycles. The second kappa shape index (κ2) is 8.52. The number of halogens is 3. The third-order valence-electron chi connectivity index (χ3n) is 4.95. The lowest BCUT2D eigenvalue weighted by Crippen LogP contribution is -2.30. The molecule has 1 saturated carbocycles. The first-order chi connectivity index (χ1) is 13.6. The van der Waals surface area contributed by atoms with Gasteiger partial charge in [0.15, 0.2) is 0 Å². The van der Waals surface area contributed by atoms with Crippen molar-refractivity contribution in [3.8, 4) is 5.75 Å². The fraction of sp³-hybridized carbons (Fsp3) is 0.400. The monoisotopic (exact) mass is 428 g/mol. The smallest absolute Gasteiger partial charge is 0.416 e. The van der Waals surface area contributed by atoms with Gasteiger partial charge >= 0.3 is 6.18 Å². The molecule has 1 aliphatic carbocycles. The predicted octanol–water partition coefficient (Wildman–Crippen LogP) is 4.94. The number of hydrogen-bond acceptors (Lipinski definition) is 4. The van der Waals surface area contributed by atoms with E-state index in [1.807, 2.05) is 0 Å². The number of alkyl halides is 3. The summed E-state index contributed by atoms with van der Waals surface area (Å²) in [6.07, 6.45) is -0.240. The van der Waals surface area contributed by atoms with Crippen molar-refractivity contribution in [3.05, 3.63) is 53.6 Å². The Morgan fingerprint density at radius 2 is 1.69 bits per heavy atom. The molecule has 3 rings (SSSR count). The van der Waals surface area contributed by atoms with Crippen LogP contribution in [0.25, 0.3) is 0 Å². The Morgan fingerprint density at radius 1 is 1.03 bits per heavy atom. The summed E-state index contributed by atoms with van der Waals surface area (Å²) < 4.78 is 71.0. The molecule has 9 heteroatoms. The van der Waals surface area contributed by atoms with E-state index in [2.05, 4.69) is 4.72 Å². The van der Waals surface area contributed by atoms with Crippen LogP contribution in [0.1, 0.15) is 43.2 Å². The number of nitrogens with two attached hydrogens (primary N) is 1. The van der Waals surface area contributed by atoms with Crippen molar-refractivity contribution in [1.82, 2.24) is 0 Å². The van der Waals surface area contributed by atoms with Gasteiger partial charge in [-0.2, -0.15) is 13.2 Å². The van der Waals surface area contributed by atoms with Crippen molar-refractivity contribution >= 4 is 21.4 Å².